The monoisotopic (exact) mass is 1070 g/mol. The van der Waals surface area contributed by atoms with E-state index in [1.807, 2.05) is 21.1 Å². The molecule has 0 aliphatic carbocycles. The van der Waals surface area contributed by atoms with Crippen LogP contribution < -0.4 is 0 Å². The van der Waals surface area contributed by atoms with Gasteiger partial charge in [-0.3, -0.25) is 18.6 Å². The Morgan fingerprint density at radius 2 is 0.608 bits per heavy atom. The van der Waals surface area contributed by atoms with Gasteiger partial charge in [-0.25, -0.2) is 4.57 Å². The van der Waals surface area contributed by atoms with E-state index in [1.54, 1.807) is 0 Å². The first-order valence-corrected chi connectivity index (χ1v) is 34.3. The van der Waals surface area contributed by atoms with Crippen LogP contribution in [0.2, 0.25) is 0 Å². The summed E-state index contributed by atoms with van der Waals surface area (Å²) in [6, 6.07) is 0. The third-order valence-corrected chi connectivity index (χ3v) is 16.1. The molecule has 0 aliphatic rings. The maximum absolute atomic E-state index is 12.8. The van der Waals surface area contributed by atoms with Gasteiger partial charge >= 0.3 is 19.8 Å². The second-order valence-corrected chi connectivity index (χ2v) is 25.3. The van der Waals surface area contributed by atoms with Crippen LogP contribution in [-0.4, -0.2) is 74.9 Å². The Labute approximate surface area is 461 Å². The van der Waals surface area contributed by atoms with E-state index in [-0.39, 0.29) is 25.6 Å². The summed E-state index contributed by atoms with van der Waals surface area (Å²) in [7, 11) is 1.50. The van der Waals surface area contributed by atoms with E-state index in [0.717, 1.165) is 38.5 Å². The molecule has 0 radical (unpaired) electrons. The van der Waals surface area contributed by atoms with Crippen molar-refractivity contribution in [3.8, 4) is 0 Å². The second kappa shape index (κ2) is 56.7. The number of hydrogen-bond acceptors (Lipinski definition) is 7. The van der Waals surface area contributed by atoms with Gasteiger partial charge in [0.2, 0.25) is 0 Å². The molecule has 1 N–H and O–H groups in total. The van der Waals surface area contributed by atoms with Gasteiger partial charge in [0.25, 0.3) is 0 Å². The lowest BCUT2D eigenvalue weighted by Crippen LogP contribution is -2.37. The van der Waals surface area contributed by atoms with Crippen molar-refractivity contribution < 1.29 is 42.1 Å². The third kappa shape index (κ3) is 60.2. The van der Waals surface area contributed by atoms with Crippen LogP contribution in [0.25, 0.3) is 0 Å². The zero-order valence-electron chi connectivity index (χ0n) is 50.4. The normalized spacial score (nSPS) is 13.1. The largest absolute Gasteiger partial charge is 0.472 e. The number of ether oxygens (including phenoxy) is 2. The van der Waals surface area contributed by atoms with Crippen molar-refractivity contribution in [3.63, 3.8) is 0 Å². The Hall–Kier alpha value is -0.990. The summed E-state index contributed by atoms with van der Waals surface area (Å²) in [6.45, 7) is 4.51. The van der Waals surface area contributed by atoms with Gasteiger partial charge in [0.05, 0.1) is 27.7 Å². The molecule has 0 aromatic heterocycles. The number of hydrogen-bond donors (Lipinski definition) is 1. The van der Waals surface area contributed by atoms with Crippen LogP contribution in [0.5, 0.6) is 0 Å². The topological polar surface area (TPSA) is 108 Å². The fourth-order valence-corrected chi connectivity index (χ4v) is 10.8. The molecular formula is C64H129NO8P+. The first kappa shape index (κ1) is 73.0. The van der Waals surface area contributed by atoms with Crippen molar-refractivity contribution in [1.29, 1.82) is 0 Å². The molecule has 0 saturated heterocycles. The Kier molecular flexibility index (Phi) is 56.0. The second-order valence-electron chi connectivity index (χ2n) is 23.9. The lowest BCUT2D eigenvalue weighted by Gasteiger charge is -2.24. The summed E-state index contributed by atoms with van der Waals surface area (Å²) < 4.78 is 34.6. The van der Waals surface area contributed by atoms with Crippen molar-refractivity contribution in [2.45, 2.75) is 354 Å². The number of phosphoric acid groups is 1. The average molecular weight is 1070 g/mol. The summed E-state index contributed by atoms with van der Waals surface area (Å²) in [5.74, 6) is -0.773. The van der Waals surface area contributed by atoms with E-state index in [1.165, 1.54) is 283 Å². The molecule has 0 heterocycles. The van der Waals surface area contributed by atoms with Crippen molar-refractivity contribution in [2.24, 2.45) is 0 Å². The molecule has 0 amide bonds. The number of carbonyl (C=O) groups excluding carboxylic acids is 2. The molecule has 2 atom stereocenters. The molecule has 0 rings (SSSR count). The highest BCUT2D eigenvalue weighted by Gasteiger charge is 2.27. The van der Waals surface area contributed by atoms with E-state index >= 15 is 0 Å². The smallest absolute Gasteiger partial charge is 0.462 e. The third-order valence-electron chi connectivity index (χ3n) is 15.1. The van der Waals surface area contributed by atoms with Gasteiger partial charge in [0.1, 0.15) is 19.8 Å². The van der Waals surface area contributed by atoms with Gasteiger partial charge in [0, 0.05) is 12.8 Å². The average Bonchev–Trinajstić information content (AvgIpc) is 3.36. The Balaban J connectivity index is 3.90. The van der Waals surface area contributed by atoms with Crippen LogP contribution in [0.4, 0.5) is 0 Å². The summed E-state index contributed by atoms with van der Waals surface area (Å²) >= 11 is 0. The molecule has 0 aromatic rings. The van der Waals surface area contributed by atoms with Gasteiger partial charge in [-0.15, -0.1) is 0 Å². The zero-order chi connectivity index (χ0) is 54.2. The number of phosphoric ester groups is 1. The van der Waals surface area contributed by atoms with E-state index in [4.69, 9.17) is 18.5 Å². The summed E-state index contributed by atoms with van der Waals surface area (Å²) in [6.07, 6.45) is 66.4. The van der Waals surface area contributed by atoms with Gasteiger partial charge < -0.3 is 18.9 Å². The maximum Gasteiger partial charge on any atom is 0.472 e. The first-order chi connectivity index (χ1) is 36.0. The minimum absolute atomic E-state index is 0.0374. The molecule has 0 saturated carbocycles. The lowest BCUT2D eigenvalue weighted by atomic mass is 10.0. The number of nitrogens with zero attached hydrogens (tertiary/aromatic N) is 1. The molecular weight excluding hydrogens is 942 g/mol. The number of likely N-dealkylation sites (N-methyl/N-ethyl adjacent to an activating group) is 1. The molecule has 2 unspecified atom stereocenters. The highest BCUT2D eigenvalue weighted by Crippen LogP contribution is 2.43. The van der Waals surface area contributed by atoms with Crippen LogP contribution in [0.15, 0.2) is 0 Å². The van der Waals surface area contributed by atoms with Crippen molar-refractivity contribution in [2.75, 3.05) is 47.5 Å². The minimum atomic E-state index is -4.38. The predicted octanol–water partition coefficient (Wildman–Crippen LogP) is 20.6. The van der Waals surface area contributed by atoms with Crippen molar-refractivity contribution in [1.82, 2.24) is 0 Å². The SMILES string of the molecule is CCCCCCCCCCCCCCCCCCCCCCCCCCCCCCCCCCCCCC(=O)OC(COC(=O)CCCCCCCCCCCCCCCCC)COP(=O)(O)OCC[N+](C)(C)C. The molecule has 0 bridgehead atoms. The molecule has 442 valence electrons. The van der Waals surface area contributed by atoms with Crippen molar-refractivity contribution in [3.05, 3.63) is 0 Å². The van der Waals surface area contributed by atoms with Crippen LogP contribution in [0, 0.1) is 0 Å². The standard InChI is InChI=1S/C64H128NO8P/c1-6-8-10-12-14-16-18-20-22-23-24-25-26-27-28-29-30-31-32-33-34-35-36-37-38-39-40-41-43-45-47-49-51-53-55-57-64(67)73-62(61-72-74(68,69)71-59-58-65(3,4)5)60-70-63(66)56-54-52-50-48-46-44-42-21-19-17-15-13-11-9-7-2/h62H,6-61H2,1-5H3/p+1. The van der Waals surface area contributed by atoms with Crippen LogP contribution in [-0.2, 0) is 32.7 Å². The van der Waals surface area contributed by atoms with Crippen molar-refractivity contribution >= 4 is 19.8 Å². The number of unbranched alkanes of at least 4 members (excludes halogenated alkanes) is 48. The summed E-state index contributed by atoms with van der Waals surface area (Å²) in [5.41, 5.74) is 0. The molecule has 10 heteroatoms. The molecule has 9 nitrogen and oxygen atoms in total. The minimum Gasteiger partial charge on any atom is -0.462 e. The number of rotatable bonds is 62. The fraction of sp³-hybridized carbons (Fsp3) is 0.969. The Bertz CT molecular complexity index is 1210. The number of esters is 2. The lowest BCUT2D eigenvalue weighted by molar-refractivity contribution is -0.870. The fourth-order valence-electron chi connectivity index (χ4n) is 10.1. The zero-order valence-corrected chi connectivity index (χ0v) is 51.3. The highest BCUT2D eigenvalue weighted by molar-refractivity contribution is 7.47. The molecule has 0 fully saturated rings. The number of quaternary nitrogens is 1. The first-order valence-electron chi connectivity index (χ1n) is 32.8. The van der Waals surface area contributed by atoms with Gasteiger partial charge in [-0.1, -0.05) is 322 Å². The maximum atomic E-state index is 12.8. The quantitative estimate of drug-likeness (QED) is 0.0278. The molecule has 0 aliphatic heterocycles. The van der Waals surface area contributed by atoms with Crippen LogP contribution in [0.1, 0.15) is 348 Å². The molecule has 0 spiro atoms. The molecule has 74 heavy (non-hydrogen) atoms. The van der Waals surface area contributed by atoms with Gasteiger partial charge in [-0.05, 0) is 12.8 Å². The Morgan fingerprint density at radius 1 is 0.365 bits per heavy atom. The predicted molar refractivity (Wildman–Crippen MR) is 317 cm³/mol. The molecule has 0 aromatic carbocycles. The van der Waals surface area contributed by atoms with Crippen LogP contribution in [0.3, 0.4) is 0 Å². The van der Waals surface area contributed by atoms with Gasteiger partial charge in [-0.2, -0.15) is 0 Å². The van der Waals surface area contributed by atoms with E-state index in [0.29, 0.717) is 17.4 Å². The summed E-state index contributed by atoms with van der Waals surface area (Å²) in [5, 5.41) is 0. The van der Waals surface area contributed by atoms with E-state index < -0.39 is 26.5 Å². The summed E-state index contributed by atoms with van der Waals surface area (Å²) in [4.78, 5) is 35.7. The highest BCUT2D eigenvalue weighted by atomic mass is 31.2. The van der Waals surface area contributed by atoms with Crippen LogP contribution >= 0.6 is 7.82 Å². The van der Waals surface area contributed by atoms with Gasteiger partial charge in [0.15, 0.2) is 6.10 Å². The van der Waals surface area contributed by atoms with E-state index in [2.05, 4.69) is 13.8 Å². The number of carbonyl (C=O) groups is 2. The Morgan fingerprint density at radius 3 is 0.865 bits per heavy atom. The van der Waals surface area contributed by atoms with E-state index in [9.17, 15) is 19.0 Å².